The Morgan fingerprint density at radius 1 is 0.978 bits per heavy atom. The molecule has 2 fully saturated rings. The van der Waals surface area contributed by atoms with E-state index < -0.39 is 11.7 Å². The smallest absolute Gasteiger partial charge is 0.381 e. The third-order valence-corrected chi connectivity index (χ3v) is 7.41. The van der Waals surface area contributed by atoms with E-state index in [4.69, 9.17) is 10.1 Å². The Kier molecular flexibility index (Phi) is 23.0. The fourth-order valence-corrected chi connectivity index (χ4v) is 4.96. The SMILES string of the molecule is C1COC1.CC.CC.CC.CCCC(=N)Cc1cccc(N2CC(=O)c3cc(CNCC4CCC4)cc(C(F)(F)F)c3C2)c1.CN. The number of carbonyl (C=O) groups excluding carboxylic acids is 1. The van der Waals surface area contributed by atoms with Crippen molar-refractivity contribution in [1.29, 1.82) is 5.41 Å². The second-order valence-corrected chi connectivity index (χ2v) is 10.5. The highest BCUT2D eigenvalue weighted by atomic mass is 19.4. The van der Waals surface area contributed by atoms with E-state index >= 15 is 0 Å². The molecular formula is C37H61F3N4O2. The lowest BCUT2D eigenvalue weighted by Crippen LogP contribution is -2.37. The Balaban J connectivity index is 0.00000147. The molecule has 2 aromatic rings. The van der Waals surface area contributed by atoms with Gasteiger partial charge in [0.15, 0.2) is 5.78 Å². The van der Waals surface area contributed by atoms with Gasteiger partial charge in [-0.25, -0.2) is 0 Å². The molecule has 1 saturated heterocycles. The van der Waals surface area contributed by atoms with Crippen molar-refractivity contribution in [1.82, 2.24) is 5.32 Å². The van der Waals surface area contributed by atoms with Crippen LogP contribution in [0.25, 0.3) is 0 Å². The first kappa shape index (κ1) is 43.2. The quantitative estimate of drug-likeness (QED) is 0.235. The van der Waals surface area contributed by atoms with Crippen molar-refractivity contribution in [2.45, 2.75) is 113 Å². The van der Waals surface area contributed by atoms with Crippen LogP contribution in [0.15, 0.2) is 36.4 Å². The van der Waals surface area contributed by atoms with Crippen LogP contribution in [0.2, 0.25) is 0 Å². The number of nitrogens with zero attached hydrogens (tertiary/aromatic N) is 1. The van der Waals surface area contributed by atoms with Gasteiger partial charge in [-0.1, -0.05) is 73.4 Å². The van der Waals surface area contributed by atoms with Gasteiger partial charge in [0.2, 0.25) is 0 Å². The lowest BCUT2D eigenvalue weighted by Gasteiger charge is -2.32. The Bertz CT molecular complexity index is 1130. The van der Waals surface area contributed by atoms with Gasteiger partial charge in [-0.3, -0.25) is 4.79 Å². The number of alkyl halides is 3. The molecule has 6 nitrogen and oxygen atoms in total. The number of carbonyl (C=O) groups is 1. The third kappa shape index (κ3) is 14.3. The van der Waals surface area contributed by atoms with E-state index in [-0.39, 0.29) is 30.0 Å². The minimum Gasteiger partial charge on any atom is -0.381 e. The van der Waals surface area contributed by atoms with Crippen LogP contribution in [-0.4, -0.2) is 44.8 Å². The van der Waals surface area contributed by atoms with E-state index in [0.29, 0.717) is 42.3 Å². The summed E-state index contributed by atoms with van der Waals surface area (Å²) in [5.74, 6) is 0.313. The number of ether oxygens (including phenoxy) is 1. The molecule has 3 aliphatic rings. The predicted octanol–water partition coefficient (Wildman–Crippen LogP) is 9.22. The number of hydrogen-bond donors (Lipinski definition) is 3. The van der Waals surface area contributed by atoms with Crippen LogP contribution in [0.4, 0.5) is 18.9 Å². The summed E-state index contributed by atoms with van der Waals surface area (Å²) in [5.41, 5.74) is 6.78. The Morgan fingerprint density at radius 2 is 1.59 bits per heavy atom. The first-order valence-electron chi connectivity index (χ1n) is 17.3. The average Bonchev–Trinajstić information content (AvgIpc) is 3.01. The van der Waals surface area contributed by atoms with Crippen molar-refractivity contribution >= 4 is 17.2 Å². The summed E-state index contributed by atoms with van der Waals surface area (Å²) < 4.78 is 46.8. The Hall–Kier alpha value is -2.75. The number of halogens is 3. The number of hydrogen-bond acceptors (Lipinski definition) is 6. The highest BCUT2D eigenvalue weighted by Gasteiger charge is 2.38. The average molecular weight is 651 g/mol. The summed E-state index contributed by atoms with van der Waals surface area (Å²) in [6.07, 6.45) is 2.42. The number of Topliss-reactive ketones (excluding diaryl/α,β-unsaturated/α-hetero) is 1. The van der Waals surface area contributed by atoms with Crippen molar-refractivity contribution in [2.24, 2.45) is 11.7 Å². The van der Waals surface area contributed by atoms with E-state index in [2.05, 4.69) is 11.1 Å². The summed E-state index contributed by atoms with van der Waals surface area (Å²) in [4.78, 5) is 14.7. The van der Waals surface area contributed by atoms with Crippen LogP contribution in [0.5, 0.6) is 0 Å². The molecule has 1 saturated carbocycles. The van der Waals surface area contributed by atoms with Crippen LogP contribution in [0.1, 0.15) is 120 Å². The van der Waals surface area contributed by atoms with Gasteiger partial charge in [0.05, 0.1) is 12.1 Å². The summed E-state index contributed by atoms with van der Waals surface area (Å²) in [6, 6.07) is 10.3. The van der Waals surface area contributed by atoms with Crippen LogP contribution in [-0.2, 0) is 30.4 Å². The molecule has 2 aromatic carbocycles. The number of rotatable bonds is 9. The monoisotopic (exact) mass is 650 g/mol. The topological polar surface area (TPSA) is 91.4 Å². The van der Waals surface area contributed by atoms with Crippen LogP contribution < -0.4 is 16.0 Å². The van der Waals surface area contributed by atoms with Gasteiger partial charge >= 0.3 is 6.18 Å². The Morgan fingerprint density at radius 3 is 2.09 bits per heavy atom. The molecule has 2 aliphatic heterocycles. The van der Waals surface area contributed by atoms with Crippen molar-refractivity contribution in [3.63, 3.8) is 0 Å². The molecule has 0 bridgehead atoms. The van der Waals surface area contributed by atoms with Gasteiger partial charge in [0.25, 0.3) is 0 Å². The Labute approximate surface area is 277 Å². The number of nitrogens with two attached hydrogens (primary N) is 1. The number of anilines is 1. The number of nitrogens with one attached hydrogen (secondary N) is 2. The maximum absolute atomic E-state index is 14.0. The molecule has 9 heteroatoms. The highest BCUT2D eigenvalue weighted by molar-refractivity contribution is 6.02. The molecule has 0 atom stereocenters. The van der Waals surface area contributed by atoms with Crippen LogP contribution >= 0.6 is 0 Å². The zero-order chi connectivity index (χ0) is 35.1. The van der Waals surface area contributed by atoms with Gasteiger partial charge in [0, 0.05) is 49.7 Å². The third-order valence-electron chi connectivity index (χ3n) is 7.41. The minimum atomic E-state index is -4.53. The number of ketones is 1. The predicted molar refractivity (Wildman–Crippen MR) is 188 cm³/mol. The molecule has 262 valence electrons. The lowest BCUT2D eigenvalue weighted by molar-refractivity contribution is -0.138. The summed E-state index contributed by atoms with van der Waals surface area (Å²) >= 11 is 0. The first-order chi connectivity index (χ1) is 22.2. The van der Waals surface area contributed by atoms with E-state index in [1.165, 1.54) is 38.8 Å². The van der Waals surface area contributed by atoms with Crippen molar-refractivity contribution in [3.05, 3.63) is 64.2 Å². The zero-order valence-corrected chi connectivity index (χ0v) is 29.7. The van der Waals surface area contributed by atoms with Gasteiger partial charge in [-0.05, 0) is 86.1 Å². The fraction of sp³-hybridized carbons (Fsp3) is 0.622. The molecule has 0 unspecified atom stereocenters. The minimum absolute atomic E-state index is 0.0293. The summed E-state index contributed by atoms with van der Waals surface area (Å²) in [5, 5.41) is 11.3. The largest absolute Gasteiger partial charge is 0.416 e. The van der Waals surface area contributed by atoms with Crippen molar-refractivity contribution < 1.29 is 22.7 Å². The standard InChI is InChI=1S/C27H32F3N3O.C3H6O.3C2H6.CH5N/c1-2-5-21(31)10-19-8-4-9-22(11-19)33-16-24-23(26(34)17-33)12-20(13-25(24)27(28,29)30)15-32-14-18-6-3-7-18;1-2-4-3-1;4*1-2/h4,8-9,11-13,18,31-32H,2-3,5-7,10,14-17H2,1H3;1-3H2;3*1-2H3;2H2,1H3. The second kappa shape index (κ2) is 24.4. The maximum atomic E-state index is 14.0. The van der Waals surface area contributed by atoms with Gasteiger partial charge in [-0.2, -0.15) is 13.2 Å². The molecular weight excluding hydrogens is 589 g/mol. The fourth-order valence-electron chi connectivity index (χ4n) is 4.96. The molecule has 1 aliphatic carbocycles. The van der Waals surface area contributed by atoms with E-state index in [9.17, 15) is 18.0 Å². The number of fused-ring (bicyclic) bond motifs is 1. The maximum Gasteiger partial charge on any atom is 0.416 e. The second-order valence-electron chi connectivity index (χ2n) is 10.5. The molecule has 0 radical (unpaired) electrons. The first-order valence-corrected chi connectivity index (χ1v) is 17.3. The molecule has 5 rings (SSSR count). The molecule has 0 aromatic heterocycles. The molecule has 2 heterocycles. The summed E-state index contributed by atoms with van der Waals surface area (Å²) in [7, 11) is 1.50. The van der Waals surface area contributed by atoms with Crippen LogP contribution in [0.3, 0.4) is 0 Å². The van der Waals surface area contributed by atoms with Crippen molar-refractivity contribution in [2.75, 3.05) is 38.3 Å². The zero-order valence-electron chi connectivity index (χ0n) is 29.7. The lowest BCUT2D eigenvalue weighted by atomic mass is 9.85. The molecule has 46 heavy (non-hydrogen) atoms. The van der Waals surface area contributed by atoms with Crippen LogP contribution in [0, 0.1) is 11.3 Å². The van der Waals surface area contributed by atoms with E-state index in [1.807, 2.05) is 72.7 Å². The van der Waals surface area contributed by atoms with E-state index in [0.717, 1.165) is 31.7 Å². The molecule has 4 N–H and O–H groups in total. The molecule has 0 amide bonds. The van der Waals surface area contributed by atoms with Crippen molar-refractivity contribution in [3.8, 4) is 0 Å². The number of benzene rings is 2. The molecule has 0 spiro atoms. The normalized spacial score (nSPS) is 14.7. The van der Waals surface area contributed by atoms with Gasteiger partial charge in [-0.15, -0.1) is 0 Å². The van der Waals surface area contributed by atoms with Gasteiger partial charge in [0.1, 0.15) is 0 Å². The summed E-state index contributed by atoms with van der Waals surface area (Å²) in [6.45, 7) is 17.2. The van der Waals surface area contributed by atoms with Gasteiger partial charge < -0.3 is 26.1 Å². The highest BCUT2D eigenvalue weighted by Crippen LogP contribution is 2.38. The van der Waals surface area contributed by atoms with E-state index in [1.54, 1.807) is 11.0 Å².